The molecule has 0 heterocycles. The van der Waals surface area contributed by atoms with Crippen molar-refractivity contribution in [2.24, 2.45) is 22.7 Å². The van der Waals surface area contributed by atoms with Gasteiger partial charge in [-0.1, -0.05) is 50.2 Å². The number of fused-ring (bicyclic) bond motifs is 3. The average Bonchev–Trinajstić information content (AvgIpc) is 2.82. The van der Waals surface area contributed by atoms with Crippen LogP contribution in [0.5, 0.6) is 0 Å². The molecule has 5 rings (SSSR count). The normalized spacial score (nSPS) is 32.0. The van der Waals surface area contributed by atoms with Crippen molar-refractivity contribution in [3.05, 3.63) is 71.8 Å². The van der Waals surface area contributed by atoms with Crippen LogP contribution >= 0.6 is 0 Å². The van der Waals surface area contributed by atoms with Crippen molar-refractivity contribution in [3.63, 3.8) is 0 Å². The predicted octanol–water partition coefficient (Wildman–Crippen LogP) is 4.67. The molecule has 34 heavy (non-hydrogen) atoms. The first-order valence-corrected chi connectivity index (χ1v) is 11.6. The van der Waals surface area contributed by atoms with Gasteiger partial charge in [0.1, 0.15) is 23.8 Å². The standard InChI is InChI=1S/C28H30O6/c1-17(29)21-22(18(2)30)28(4)16-15-27(21,3)23(33-25(31)19-11-7-5-8-12-19)24(28)34-26(32)20-13-9-6-10-14-20/h5-14,21-24H,15-16H2,1-4H3. The summed E-state index contributed by atoms with van der Waals surface area (Å²) < 4.78 is 12.1. The van der Waals surface area contributed by atoms with Gasteiger partial charge in [0.25, 0.3) is 0 Å². The van der Waals surface area contributed by atoms with Crippen molar-refractivity contribution < 1.29 is 28.7 Å². The number of esters is 2. The molecule has 6 nitrogen and oxygen atoms in total. The largest absolute Gasteiger partial charge is 0.454 e. The van der Waals surface area contributed by atoms with Crippen molar-refractivity contribution in [3.8, 4) is 0 Å². The first kappa shape index (κ1) is 23.9. The van der Waals surface area contributed by atoms with E-state index in [-0.39, 0.29) is 11.6 Å². The molecule has 6 unspecified atom stereocenters. The van der Waals surface area contributed by atoms with E-state index in [1.54, 1.807) is 60.7 Å². The van der Waals surface area contributed by atoms with Crippen LogP contribution in [0.4, 0.5) is 0 Å². The molecule has 0 spiro atoms. The fourth-order valence-corrected chi connectivity index (χ4v) is 6.25. The maximum Gasteiger partial charge on any atom is 0.338 e. The minimum absolute atomic E-state index is 0.123. The van der Waals surface area contributed by atoms with Crippen LogP contribution in [0.1, 0.15) is 61.3 Å². The molecule has 0 radical (unpaired) electrons. The van der Waals surface area contributed by atoms with E-state index in [1.807, 2.05) is 13.8 Å². The van der Waals surface area contributed by atoms with E-state index < -0.39 is 46.8 Å². The Morgan fingerprint density at radius 2 is 0.971 bits per heavy atom. The molecular formula is C28H30O6. The van der Waals surface area contributed by atoms with Crippen molar-refractivity contribution >= 4 is 23.5 Å². The third-order valence-electron chi connectivity index (χ3n) is 7.89. The number of carbonyl (C=O) groups is 4. The van der Waals surface area contributed by atoms with Gasteiger partial charge in [0.2, 0.25) is 0 Å². The second-order valence-electron chi connectivity index (χ2n) is 10.1. The Morgan fingerprint density at radius 1 is 0.647 bits per heavy atom. The van der Waals surface area contributed by atoms with Gasteiger partial charge in [-0.3, -0.25) is 9.59 Å². The van der Waals surface area contributed by atoms with Gasteiger partial charge in [-0.15, -0.1) is 0 Å². The average molecular weight is 463 g/mol. The number of benzene rings is 2. The SMILES string of the molecule is CC(=O)C1C(C(C)=O)C2(C)CCC1(C)C(OC(=O)c1ccccc1)C2OC(=O)c1ccccc1. The van der Waals surface area contributed by atoms with Crippen molar-refractivity contribution in [1.29, 1.82) is 0 Å². The molecule has 6 atom stereocenters. The molecule has 0 aliphatic heterocycles. The van der Waals surface area contributed by atoms with Gasteiger partial charge in [-0.05, 0) is 51.0 Å². The van der Waals surface area contributed by atoms with E-state index in [0.29, 0.717) is 24.0 Å². The third kappa shape index (κ3) is 3.85. The summed E-state index contributed by atoms with van der Waals surface area (Å²) in [6.45, 7) is 6.72. The predicted molar refractivity (Wildman–Crippen MR) is 125 cm³/mol. The Morgan fingerprint density at radius 3 is 1.26 bits per heavy atom. The van der Waals surface area contributed by atoms with Gasteiger partial charge in [0, 0.05) is 22.7 Å². The van der Waals surface area contributed by atoms with E-state index in [9.17, 15) is 19.2 Å². The molecule has 0 amide bonds. The zero-order valence-corrected chi connectivity index (χ0v) is 19.9. The smallest absolute Gasteiger partial charge is 0.338 e. The molecule has 6 heteroatoms. The number of ketones is 2. The van der Waals surface area contributed by atoms with Crippen LogP contribution in [-0.4, -0.2) is 35.7 Å². The van der Waals surface area contributed by atoms with Crippen LogP contribution in [-0.2, 0) is 19.1 Å². The molecule has 0 aromatic heterocycles. The van der Waals surface area contributed by atoms with E-state index in [4.69, 9.17) is 9.47 Å². The number of ether oxygens (including phenoxy) is 2. The van der Waals surface area contributed by atoms with E-state index in [2.05, 4.69) is 0 Å². The second-order valence-corrected chi connectivity index (χ2v) is 10.1. The lowest BCUT2D eigenvalue weighted by atomic mass is 9.42. The van der Waals surface area contributed by atoms with Gasteiger partial charge in [-0.25, -0.2) is 9.59 Å². The molecule has 3 fully saturated rings. The van der Waals surface area contributed by atoms with Crippen LogP contribution in [0.2, 0.25) is 0 Å². The third-order valence-corrected chi connectivity index (χ3v) is 7.89. The lowest BCUT2D eigenvalue weighted by Gasteiger charge is -2.64. The number of hydrogen-bond donors (Lipinski definition) is 0. The molecule has 0 saturated heterocycles. The molecule has 2 aromatic rings. The van der Waals surface area contributed by atoms with Crippen molar-refractivity contribution in [1.82, 2.24) is 0 Å². The maximum atomic E-state index is 13.1. The number of hydrogen-bond acceptors (Lipinski definition) is 6. The topological polar surface area (TPSA) is 86.7 Å². The van der Waals surface area contributed by atoms with E-state index >= 15 is 0 Å². The fourth-order valence-electron chi connectivity index (χ4n) is 6.25. The summed E-state index contributed by atoms with van der Waals surface area (Å²) >= 11 is 0. The number of carbonyl (C=O) groups excluding carboxylic acids is 4. The zero-order chi connectivity index (χ0) is 24.7. The minimum atomic E-state index is -0.879. The van der Waals surface area contributed by atoms with Gasteiger partial charge in [0.15, 0.2) is 0 Å². The first-order chi connectivity index (χ1) is 16.1. The Hall–Kier alpha value is -3.28. The molecule has 178 valence electrons. The summed E-state index contributed by atoms with van der Waals surface area (Å²) in [5, 5.41) is 0. The Kier molecular flexibility index (Phi) is 6.19. The van der Waals surface area contributed by atoms with Gasteiger partial charge in [-0.2, -0.15) is 0 Å². The van der Waals surface area contributed by atoms with Crippen LogP contribution in [0.15, 0.2) is 60.7 Å². The molecule has 2 bridgehead atoms. The number of rotatable bonds is 6. The number of Topliss-reactive ketones (excluding diaryl/α,β-unsaturated/α-hetero) is 2. The summed E-state index contributed by atoms with van der Waals surface area (Å²) in [6, 6.07) is 17.2. The monoisotopic (exact) mass is 462 g/mol. The van der Waals surface area contributed by atoms with E-state index in [0.717, 1.165) is 0 Å². The summed E-state index contributed by atoms with van der Waals surface area (Å²) in [6.07, 6.45) is -0.611. The molecule has 2 aromatic carbocycles. The highest BCUT2D eigenvalue weighted by Gasteiger charge is 2.70. The van der Waals surface area contributed by atoms with Crippen LogP contribution in [0.3, 0.4) is 0 Å². The summed E-state index contributed by atoms with van der Waals surface area (Å²) in [5.41, 5.74) is -0.973. The summed E-state index contributed by atoms with van der Waals surface area (Å²) in [5.74, 6) is -2.62. The maximum absolute atomic E-state index is 13.1. The quantitative estimate of drug-likeness (QED) is 0.580. The van der Waals surface area contributed by atoms with E-state index in [1.165, 1.54) is 13.8 Å². The summed E-state index contributed by atoms with van der Waals surface area (Å²) in [7, 11) is 0. The first-order valence-electron chi connectivity index (χ1n) is 11.6. The van der Waals surface area contributed by atoms with Gasteiger partial charge in [0.05, 0.1) is 11.1 Å². The highest BCUT2D eigenvalue weighted by molar-refractivity contribution is 5.92. The summed E-state index contributed by atoms with van der Waals surface area (Å²) in [4.78, 5) is 52.0. The fraction of sp³-hybridized carbons (Fsp3) is 0.429. The van der Waals surface area contributed by atoms with Gasteiger partial charge >= 0.3 is 11.9 Å². The molecule has 3 saturated carbocycles. The highest BCUT2D eigenvalue weighted by atomic mass is 16.6. The molecule has 3 aliphatic rings. The lowest BCUT2D eigenvalue weighted by Crippen LogP contribution is -2.71. The van der Waals surface area contributed by atoms with Crippen molar-refractivity contribution in [2.45, 2.75) is 52.7 Å². The van der Waals surface area contributed by atoms with Crippen LogP contribution in [0, 0.1) is 22.7 Å². The van der Waals surface area contributed by atoms with Crippen molar-refractivity contribution in [2.75, 3.05) is 0 Å². The van der Waals surface area contributed by atoms with Crippen LogP contribution < -0.4 is 0 Å². The zero-order valence-electron chi connectivity index (χ0n) is 19.9. The molecule has 0 N–H and O–H groups in total. The highest BCUT2D eigenvalue weighted by Crippen LogP contribution is 2.64. The minimum Gasteiger partial charge on any atom is -0.454 e. The second kappa shape index (κ2) is 8.82. The Bertz CT molecular complexity index is 1020. The molecular weight excluding hydrogens is 432 g/mol. The molecule has 3 aliphatic carbocycles. The van der Waals surface area contributed by atoms with Crippen LogP contribution in [0.25, 0.3) is 0 Å². The van der Waals surface area contributed by atoms with Gasteiger partial charge < -0.3 is 9.47 Å². The lowest BCUT2D eigenvalue weighted by molar-refractivity contribution is -0.237. The Balaban J connectivity index is 1.79. The Labute approximate surface area is 199 Å².